The number of ether oxygens (including phenoxy) is 1. The van der Waals surface area contributed by atoms with Crippen molar-refractivity contribution in [3.05, 3.63) is 102 Å². The molecule has 0 N–H and O–H groups in total. The maximum absolute atomic E-state index is 12.7. The van der Waals surface area contributed by atoms with Crippen LogP contribution in [0.5, 0.6) is 5.75 Å². The average Bonchev–Trinajstić information content (AvgIpc) is 3.40. The second-order valence-corrected chi connectivity index (χ2v) is 10.7. The van der Waals surface area contributed by atoms with E-state index in [0.717, 1.165) is 39.3 Å². The second-order valence-electron chi connectivity index (χ2n) is 10.7. The summed E-state index contributed by atoms with van der Waals surface area (Å²) >= 11 is 0. The Kier molecular flexibility index (Phi) is 7.32. The fraction of sp³-hybridized carbons (Fsp3) is 0.265. The predicted molar refractivity (Wildman–Crippen MR) is 159 cm³/mol. The van der Waals surface area contributed by atoms with Crippen LogP contribution < -0.4 is 4.74 Å². The average molecular weight is 531 g/mol. The summed E-state index contributed by atoms with van der Waals surface area (Å²) in [6.07, 6.45) is 9.84. The van der Waals surface area contributed by atoms with Crippen molar-refractivity contribution in [3.8, 4) is 28.3 Å². The fourth-order valence-corrected chi connectivity index (χ4v) is 5.73. The summed E-state index contributed by atoms with van der Waals surface area (Å²) in [6, 6.07) is 26.9. The summed E-state index contributed by atoms with van der Waals surface area (Å²) in [7, 11) is 3.52. The van der Waals surface area contributed by atoms with Gasteiger partial charge < -0.3 is 14.2 Å². The summed E-state index contributed by atoms with van der Waals surface area (Å²) in [6.45, 7) is 0.332. The standard InChI is InChI=1S/C34H34N4O2/c1-37(2)34(39)25-16-19-30(26-9-8-20-35-22-26)27(21-25)23-40-29-17-14-24(15-18-29)33-36-31-12-6-7-13-32(31)38(33)28-10-4-3-5-11-28/h6-9,12-22,28H,3-5,10-11,23H2,1-2H3. The number of hydrogen-bond acceptors (Lipinski definition) is 4. The van der Waals surface area contributed by atoms with Crippen molar-refractivity contribution in [1.82, 2.24) is 19.4 Å². The van der Waals surface area contributed by atoms with Gasteiger partial charge in [-0.15, -0.1) is 0 Å². The Morgan fingerprint density at radius 2 is 1.73 bits per heavy atom. The fourth-order valence-electron chi connectivity index (χ4n) is 5.73. The van der Waals surface area contributed by atoms with E-state index < -0.39 is 0 Å². The molecule has 0 bridgehead atoms. The van der Waals surface area contributed by atoms with Crippen molar-refractivity contribution in [3.63, 3.8) is 0 Å². The molecule has 1 aliphatic carbocycles. The van der Waals surface area contributed by atoms with Crippen LogP contribution in [0, 0.1) is 0 Å². The third-order valence-electron chi connectivity index (χ3n) is 7.77. The largest absolute Gasteiger partial charge is 0.489 e. The first kappa shape index (κ1) is 25.8. The number of benzene rings is 3. The Balaban J connectivity index is 1.28. The van der Waals surface area contributed by atoms with E-state index >= 15 is 0 Å². The zero-order valence-electron chi connectivity index (χ0n) is 23.1. The van der Waals surface area contributed by atoms with Gasteiger partial charge in [-0.1, -0.05) is 43.5 Å². The van der Waals surface area contributed by atoms with Crippen molar-refractivity contribution in [2.24, 2.45) is 0 Å². The van der Waals surface area contributed by atoms with E-state index in [9.17, 15) is 4.79 Å². The number of fused-ring (bicyclic) bond motifs is 1. The molecule has 2 aromatic heterocycles. The lowest BCUT2D eigenvalue weighted by molar-refractivity contribution is 0.0827. The highest BCUT2D eigenvalue weighted by atomic mass is 16.5. The van der Waals surface area contributed by atoms with Gasteiger partial charge in [-0.25, -0.2) is 4.98 Å². The van der Waals surface area contributed by atoms with Crippen molar-refractivity contribution in [2.75, 3.05) is 14.1 Å². The SMILES string of the molecule is CN(C)C(=O)c1ccc(-c2cccnc2)c(COc2ccc(-c3nc4ccccc4n3C3CCCCC3)cc2)c1. The van der Waals surface area contributed by atoms with E-state index in [1.54, 1.807) is 25.2 Å². The summed E-state index contributed by atoms with van der Waals surface area (Å²) in [5, 5.41) is 0. The summed E-state index contributed by atoms with van der Waals surface area (Å²) in [5.74, 6) is 1.75. The normalized spacial score (nSPS) is 13.8. The van der Waals surface area contributed by atoms with Gasteiger partial charge in [0.1, 0.15) is 18.2 Å². The van der Waals surface area contributed by atoms with E-state index in [1.807, 2.05) is 48.7 Å². The summed E-state index contributed by atoms with van der Waals surface area (Å²) in [5.41, 5.74) is 6.89. The molecule has 0 saturated heterocycles. The number of carbonyl (C=O) groups excluding carboxylic acids is 1. The first-order valence-electron chi connectivity index (χ1n) is 14.0. The number of hydrogen-bond donors (Lipinski definition) is 0. The van der Waals surface area contributed by atoms with Crippen LogP contribution >= 0.6 is 0 Å². The van der Waals surface area contributed by atoms with Gasteiger partial charge in [-0.3, -0.25) is 9.78 Å². The highest BCUT2D eigenvalue weighted by Crippen LogP contribution is 2.36. The van der Waals surface area contributed by atoms with Crippen LogP contribution in [0.3, 0.4) is 0 Å². The van der Waals surface area contributed by atoms with Gasteiger partial charge in [0.2, 0.25) is 0 Å². The van der Waals surface area contributed by atoms with Crippen LogP contribution in [0.25, 0.3) is 33.5 Å². The van der Waals surface area contributed by atoms with Crippen LogP contribution in [0.15, 0.2) is 91.3 Å². The molecule has 3 aromatic carbocycles. The molecular formula is C34H34N4O2. The minimum atomic E-state index is -0.0378. The van der Waals surface area contributed by atoms with Crippen LogP contribution in [0.2, 0.25) is 0 Å². The van der Waals surface area contributed by atoms with Gasteiger partial charge in [0.25, 0.3) is 5.91 Å². The molecule has 6 nitrogen and oxygen atoms in total. The molecule has 6 heteroatoms. The topological polar surface area (TPSA) is 60.3 Å². The van der Waals surface area contributed by atoms with Crippen LogP contribution in [0.1, 0.15) is 54.1 Å². The first-order chi connectivity index (χ1) is 19.6. The molecule has 202 valence electrons. The number of para-hydroxylation sites is 2. The van der Waals surface area contributed by atoms with Crippen molar-refractivity contribution in [1.29, 1.82) is 0 Å². The van der Waals surface area contributed by atoms with Gasteiger partial charge in [0.15, 0.2) is 0 Å². The van der Waals surface area contributed by atoms with Crippen molar-refractivity contribution in [2.45, 2.75) is 44.8 Å². The highest BCUT2D eigenvalue weighted by molar-refractivity contribution is 5.94. The lowest BCUT2D eigenvalue weighted by atomic mass is 9.95. The third kappa shape index (κ3) is 5.22. The minimum Gasteiger partial charge on any atom is -0.489 e. The molecule has 0 aliphatic heterocycles. The molecule has 1 fully saturated rings. The molecule has 0 radical (unpaired) electrons. The number of amides is 1. The summed E-state index contributed by atoms with van der Waals surface area (Å²) in [4.78, 5) is 23.6. The Morgan fingerprint density at radius 1 is 0.925 bits per heavy atom. The first-order valence-corrected chi connectivity index (χ1v) is 14.0. The van der Waals surface area contributed by atoms with Crippen LogP contribution in [-0.2, 0) is 6.61 Å². The molecule has 0 unspecified atom stereocenters. The number of nitrogens with zero attached hydrogens (tertiary/aromatic N) is 4. The zero-order valence-corrected chi connectivity index (χ0v) is 23.1. The van der Waals surface area contributed by atoms with Crippen molar-refractivity contribution >= 4 is 16.9 Å². The maximum Gasteiger partial charge on any atom is 0.253 e. The van der Waals surface area contributed by atoms with E-state index in [1.165, 1.54) is 37.6 Å². The number of imidazole rings is 1. The van der Waals surface area contributed by atoms with Crippen LogP contribution in [0.4, 0.5) is 0 Å². The summed E-state index contributed by atoms with van der Waals surface area (Å²) < 4.78 is 8.73. The van der Waals surface area contributed by atoms with E-state index in [0.29, 0.717) is 18.2 Å². The Hall–Kier alpha value is -4.45. The van der Waals surface area contributed by atoms with Crippen molar-refractivity contribution < 1.29 is 9.53 Å². The van der Waals surface area contributed by atoms with Crippen LogP contribution in [-0.4, -0.2) is 39.4 Å². The van der Waals surface area contributed by atoms with Gasteiger partial charge in [-0.2, -0.15) is 0 Å². The van der Waals surface area contributed by atoms with E-state index in [4.69, 9.17) is 9.72 Å². The minimum absolute atomic E-state index is 0.0378. The Morgan fingerprint density at radius 3 is 2.48 bits per heavy atom. The van der Waals surface area contributed by atoms with E-state index in [2.05, 4.69) is 45.9 Å². The zero-order chi connectivity index (χ0) is 27.5. The maximum atomic E-state index is 12.7. The third-order valence-corrected chi connectivity index (χ3v) is 7.77. The van der Waals surface area contributed by atoms with Gasteiger partial charge in [0.05, 0.1) is 11.0 Å². The molecular weight excluding hydrogens is 496 g/mol. The lowest BCUT2D eigenvalue weighted by Crippen LogP contribution is -2.21. The predicted octanol–water partition coefficient (Wildman–Crippen LogP) is 7.55. The quantitative estimate of drug-likeness (QED) is 0.218. The highest BCUT2D eigenvalue weighted by Gasteiger charge is 2.22. The smallest absolute Gasteiger partial charge is 0.253 e. The molecule has 2 heterocycles. The Bertz CT molecular complexity index is 1620. The number of pyridine rings is 1. The Labute approximate surface area is 235 Å². The molecule has 0 spiro atoms. The number of rotatable bonds is 7. The second kappa shape index (κ2) is 11.3. The lowest BCUT2D eigenvalue weighted by Gasteiger charge is -2.25. The molecule has 1 aliphatic rings. The molecule has 5 aromatic rings. The number of aromatic nitrogens is 3. The molecule has 6 rings (SSSR count). The van der Waals surface area contributed by atoms with Gasteiger partial charge in [-0.05, 0) is 78.6 Å². The number of carbonyl (C=O) groups is 1. The molecule has 1 saturated carbocycles. The molecule has 0 atom stereocenters. The molecule has 1 amide bonds. The van der Waals surface area contributed by atoms with Gasteiger partial charge in [0, 0.05) is 49.2 Å². The van der Waals surface area contributed by atoms with Gasteiger partial charge >= 0.3 is 0 Å². The molecule has 40 heavy (non-hydrogen) atoms. The monoisotopic (exact) mass is 530 g/mol. The van der Waals surface area contributed by atoms with E-state index in [-0.39, 0.29) is 5.91 Å².